The van der Waals surface area contributed by atoms with Gasteiger partial charge in [0, 0.05) is 24.3 Å². The van der Waals surface area contributed by atoms with Gasteiger partial charge in [0.2, 0.25) is 0 Å². The van der Waals surface area contributed by atoms with Gasteiger partial charge >= 0.3 is 5.97 Å². The molecule has 5 nitrogen and oxygen atoms in total. The second-order valence-electron chi connectivity index (χ2n) is 5.06. The summed E-state index contributed by atoms with van der Waals surface area (Å²) in [5.41, 5.74) is 2.02. The molecule has 128 valence electrons. The number of hydrogen-bond donors (Lipinski definition) is 1. The van der Waals surface area contributed by atoms with Crippen LogP contribution in [0.4, 0.5) is 10.7 Å². The maximum atomic E-state index is 12.4. The summed E-state index contributed by atoms with van der Waals surface area (Å²) < 4.78 is 4.99. The van der Waals surface area contributed by atoms with E-state index in [9.17, 15) is 9.59 Å². The van der Waals surface area contributed by atoms with E-state index in [0.29, 0.717) is 22.7 Å². The molecule has 2 aromatic rings. The fourth-order valence-electron chi connectivity index (χ4n) is 2.36. The van der Waals surface area contributed by atoms with Crippen molar-refractivity contribution >= 4 is 33.9 Å². The lowest BCUT2D eigenvalue weighted by atomic mass is 10.2. The molecule has 24 heavy (non-hydrogen) atoms. The zero-order valence-electron chi connectivity index (χ0n) is 14.2. The number of esters is 1. The molecule has 6 heteroatoms. The minimum atomic E-state index is -0.425. The number of carbonyl (C=O) groups excluding carboxylic acids is 2. The van der Waals surface area contributed by atoms with Crippen molar-refractivity contribution in [3.63, 3.8) is 0 Å². The van der Waals surface area contributed by atoms with Gasteiger partial charge in [-0.3, -0.25) is 4.79 Å². The first kappa shape index (κ1) is 18.0. The molecule has 1 amide bonds. The van der Waals surface area contributed by atoms with E-state index in [-0.39, 0.29) is 5.91 Å². The summed E-state index contributed by atoms with van der Waals surface area (Å²) >= 11 is 1.30. The predicted molar refractivity (Wildman–Crippen MR) is 98.2 cm³/mol. The molecule has 1 aromatic heterocycles. The number of carbonyl (C=O) groups is 2. The average molecular weight is 346 g/mol. The van der Waals surface area contributed by atoms with Crippen molar-refractivity contribution in [3.8, 4) is 0 Å². The van der Waals surface area contributed by atoms with E-state index in [1.54, 1.807) is 30.5 Å². The van der Waals surface area contributed by atoms with Gasteiger partial charge in [0.25, 0.3) is 5.91 Å². The molecular formula is C18H22N2O3S. The largest absolute Gasteiger partial charge is 0.462 e. The molecular weight excluding hydrogens is 324 g/mol. The highest BCUT2D eigenvalue weighted by Crippen LogP contribution is 2.25. The second-order valence-corrected chi connectivity index (χ2v) is 5.97. The highest BCUT2D eigenvalue weighted by atomic mass is 32.1. The topological polar surface area (TPSA) is 58.6 Å². The van der Waals surface area contributed by atoms with Gasteiger partial charge in [-0.2, -0.15) is 0 Å². The minimum absolute atomic E-state index is 0.242. The van der Waals surface area contributed by atoms with Crippen LogP contribution in [-0.2, 0) is 4.74 Å². The number of rotatable bonds is 7. The van der Waals surface area contributed by atoms with Crippen molar-refractivity contribution in [1.82, 2.24) is 0 Å². The molecule has 0 saturated carbocycles. The second kappa shape index (κ2) is 8.49. The Labute approximate surface area is 146 Å². The minimum Gasteiger partial charge on any atom is -0.462 e. The van der Waals surface area contributed by atoms with E-state index in [0.717, 1.165) is 18.8 Å². The molecule has 0 fully saturated rings. The Morgan fingerprint density at radius 1 is 1.08 bits per heavy atom. The lowest BCUT2D eigenvalue weighted by Gasteiger charge is -2.21. The van der Waals surface area contributed by atoms with Crippen molar-refractivity contribution in [1.29, 1.82) is 0 Å². The number of nitrogens with one attached hydrogen (secondary N) is 1. The smallest absolute Gasteiger partial charge is 0.341 e. The standard InChI is InChI=1S/C18H22N2O3S/c1-4-20(5-2)14-9-7-13(8-10-14)16(21)19-17-15(11-12-24-17)18(22)23-6-3/h7-12H,4-6H2,1-3H3,(H,19,21). The molecule has 0 saturated heterocycles. The van der Waals surface area contributed by atoms with E-state index in [1.165, 1.54) is 11.3 Å². The van der Waals surface area contributed by atoms with Gasteiger partial charge in [0.05, 0.1) is 12.2 Å². The Morgan fingerprint density at radius 3 is 2.33 bits per heavy atom. The van der Waals surface area contributed by atoms with E-state index in [2.05, 4.69) is 24.1 Å². The maximum absolute atomic E-state index is 12.4. The van der Waals surface area contributed by atoms with Gasteiger partial charge in [-0.1, -0.05) is 0 Å². The molecule has 0 aliphatic heterocycles. The monoisotopic (exact) mass is 346 g/mol. The summed E-state index contributed by atoms with van der Waals surface area (Å²) in [5.74, 6) is -0.667. The van der Waals surface area contributed by atoms with Crippen LogP contribution in [0.5, 0.6) is 0 Å². The van der Waals surface area contributed by atoms with Crippen LogP contribution in [0.1, 0.15) is 41.5 Å². The molecule has 0 unspecified atom stereocenters. The summed E-state index contributed by atoms with van der Waals surface area (Å²) in [5, 5.41) is 5.05. The van der Waals surface area contributed by atoms with Crippen LogP contribution >= 0.6 is 11.3 Å². The lowest BCUT2D eigenvalue weighted by molar-refractivity contribution is 0.0528. The summed E-state index contributed by atoms with van der Waals surface area (Å²) in [4.78, 5) is 26.5. The molecule has 0 atom stereocenters. The molecule has 1 heterocycles. The number of benzene rings is 1. The maximum Gasteiger partial charge on any atom is 0.341 e. The van der Waals surface area contributed by atoms with Gasteiger partial charge in [-0.15, -0.1) is 11.3 Å². The number of amides is 1. The zero-order valence-corrected chi connectivity index (χ0v) is 15.0. The Bertz CT molecular complexity index is 691. The first-order chi connectivity index (χ1) is 11.6. The van der Waals surface area contributed by atoms with E-state index < -0.39 is 5.97 Å². The zero-order chi connectivity index (χ0) is 17.5. The Hall–Kier alpha value is -2.34. The number of anilines is 2. The van der Waals surface area contributed by atoms with E-state index >= 15 is 0 Å². The van der Waals surface area contributed by atoms with Gasteiger partial charge in [-0.05, 0) is 56.5 Å². The van der Waals surface area contributed by atoms with Gasteiger partial charge in [-0.25, -0.2) is 4.79 Å². The third-order valence-corrected chi connectivity index (χ3v) is 4.48. The number of nitrogens with zero attached hydrogens (tertiary/aromatic N) is 1. The fourth-order valence-corrected chi connectivity index (χ4v) is 3.13. The van der Waals surface area contributed by atoms with Crippen molar-refractivity contribution in [3.05, 3.63) is 46.8 Å². The van der Waals surface area contributed by atoms with Crippen LogP contribution in [0, 0.1) is 0 Å². The van der Waals surface area contributed by atoms with Crippen molar-refractivity contribution < 1.29 is 14.3 Å². The number of thiophene rings is 1. The molecule has 0 spiro atoms. The van der Waals surface area contributed by atoms with E-state index in [1.807, 2.05) is 12.1 Å². The summed E-state index contributed by atoms with van der Waals surface area (Å²) in [6, 6.07) is 9.11. The van der Waals surface area contributed by atoms with Crippen LogP contribution in [-0.4, -0.2) is 31.6 Å². The molecule has 0 radical (unpaired) electrons. The number of ether oxygens (including phenoxy) is 1. The highest BCUT2D eigenvalue weighted by molar-refractivity contribution is 7.14. The SMILES string of the molecule is CCOC(=O)c1ccsc1NC(=O)c1ccc(N(CC)CC)cc1. The van der Waals surface area contributed by atoms with E-state index in [4.69, 9.17) is 4.74 Å². The average Bonchev–Trinajstić information content (AvgIpc) is 3.05. The van der Waals surface area contributed by atoms with Crippen molar-refractivity contribution in [2.45, 2.75) is 20.8 Å². The third kappa shape index (κ3) is 4.14. The molecule has 0 aliphatic rings. The van der Waals surface area contributed by atoms with Crippen molar-refractivity contribution in [2.24, 2.45) is 0 Å². The normalized spacial score (nSPS) is 10.3. The summed E-state index contributed by atoms with van der Waals surface area (Å²) in [7, 11) is 0. The Balaban J connectivity index is 2.11. The first-order valence-electron chi connectivity index (χ1n) is 8.01. The molecule has 1 N–H and O–H groups in total. The summed E-state index contributed by atoms with van der Waals surface area (Å²) in [6.07, 6.45) is 0. The predicted octanol–water partition coefficient (Wildman–Crippen LogP) is 4.02. The lowest BCUT2D eigenvalue weighted by Crippen LogP contribution is -2.22. The fraction of sp³-hybridized carbons (Fsp3) is 0.333. The van der Waals surface area contributed by atoms with Crippen LogP contribution in [0.3, 0.4) is 0 Å². The first-order valence-corrected chi connectivity index (χ1v) is 8.89. The molecule has 0 aliphatic carbocycles. The van der Waals surface area contributed by atoms with Gasteiger partial charge in [0.15, 0.2) is 0 Å². The van der Waals surface area contributed by atoms with Crippen molar-refractivity contribution in [2.75, 3.05) is 29.9 Å². The van der Waals surface area contributed by atoms with Crippen LogP contribution in [0.2, 0.25) is 0 Å². The molecule has 2 rings (SSSR count). The third-order valence-electron chi connectivity index (χ3n) is 3.65. The molecule has 0 bridgehead atoms. The van der Waals surface area contributed by atoms with Gasteiger partial charge in [0.1, 0.15) is 5.00 Å². The quantitative estimate of drug-likeness (QED) is 0.769. The summed E-state index contributed by atoms with van der Waals surface area (Å²) in [6.45, 7) is 8.07. The van der Waals surface area contributed by atoms with Crippen LogP contribution < -0.4 is 10.2 Å². The Kier molecular flexibility index (Phi) is 6.37. The Morgan fingerprint density at radius 2 is 1.75 bits per heavy atom. The van der Waals surface area contributed by atoms with Crippen LogP contribution in [0.15, 0.2) is 35.7 Å². The number of hydrogen-bond acceptors (Lipinski definition) is 5. The van der Waals surface area contributed by atoms with Gasteiger partial charge < -0.3 is 15.0 Å². The van der Waals surface area contributed by atoms with Crippen LogP contribution in [0.25, 0.3) is 0 Å². The highest BCUT2D eigenvalue weighted by Gasteiger charge is 2.16. The molecule has 1 aromatic carbocycles.